The number of piperidine rings is 1. The number of likely N-dealkylation sites (tertiary alicyclic amines) is 1. The molecule has 0 aliphatic carbocycles. The third-order valence-corrected chi connectivity index (χ3v) is 7.97. The third kappa shape index (κ3) is 5.23. The molecule has 0 bridgehead atoms. The number of nitrogens with one attached hydrogen (secondary N) is 1. The van der Waals surface area contributed by atoms with E-state index in [0.717, 1.165) is 5.56 Å². The minimum atomic E-state index is -0.619. The summed E-state index contributed by atoms with van der Waals surface area (Å²) in [7, 11) is 0. The molecule has 38 heavy (non-hydrogen) atoms. The molecule has 1 atom stereocenters. The van der Waals surface area contributed by atoms with Gasteiger partial charge in [-0.2, -0.15) is 0 Å². The lowest BCUT2D eigenvalue weighted by Gasteiger charge is -2.44. The molecular weight excluding hydrogens is 477 g/mol. The highest BCUT2D eigenvalue weighted by molar-refractivity contribution is 5.94. The fourth-order valence-corrected chi connectivity index (χ4v) is 5.67. The van der Waals surface area contributed by atoms with Gasteiger partial charge in [-0.1, -0.05) is 81.4 Å². The average molecular weight is 514 g/mol. The van der Waals surface area contributed by atoms with Gasteiger partial charge in [-0.25, -0.2) is 4.39 Å². The Morgan fingerprint density at radius 2 is 1.58 bits per heavy atom. The molecule has 2 amide bonds. The van der Waals surface area contributed by atoms with Gasteiger partial charge in [-0.05, 0) is 41.2 Å². The van der Waals surface area contributed by atoms with E-state index in [4.69, 9.17) is 0 Å². The monoisotopic (exact) mass is 513 g/mol. The van der Waals surface area contributed by atoms with Gasteiger partial charge < -0.3 is 9.80 Å². The summed E-state index contributed by atoms with van der Waals surface area (Å²) in [6.07, 6.45) is 1.74. The zero-order chi connectivity index (χ0) is 26.9. The maximum Gasteiger partial charge on any atom is 0.253 e. The van der Waals surface area contributed by atoms with Crippen molar-refractivity contribution in [1.29, 1.82) is 0 Å². The van der Waals surface area contributed by atoms with Crippen molar-refractivity contribution in [3.8, 4) is 0 Å². The van der Waals surface area contributed by atoms with Crippen LogP contribution in [0.1, 0.15) is 60.7 Å². The second-order valence-electron chi connectivity index (χ2n) is 11.6. The van der Waals surface area contributed by atoms with E-state index < -0.39 is 11.7 Å². The number of benzene rings is 3. The molecule has 1 spiro atoms. The minimum Gasteiger partial charge on any atom is -0.338 e. The van der Waals surface area contributed by atoms with Gasteiger partial charge >= 0.3 is 0 Å². The number of halogens is 1. The number of carbonyl (C=O) groups excluding carboxylic acids is 2. The molecule has 5 nitrogen and oxygen atoms in total. The van der Waals surface area contributed by atoms with Gasteiger partial charge in [0.1, 0.15) is 5.82 Å². The van der Waals surface area contributed by atoms with E-state index in [1.165, 1.54) is 11.6 Å². The normalized spacial score (nSPS) is 19.3. The first-order valence-corrected chi connectivity index (χ1v) is 13.4. The van der Waals surface area contributed by atoms with Gasteiger partial charge in [0.2, 0.25) is 5.91 Å². The van der Waals surface area contributed by atoms with Crippen LogP contribution in [-0.4, -0.2) is 46.4 Å². The summed E-state index contributed by atoms with van der Waals surface area (Å²) >= 11 is 0. The fraction of sp³-hybridized carbons (Fsp3) is 0.375. The van der Waals surface area contributed by atoms with Crippen LogP contribution in [-0.2, 0) is 23.2 Å². The second-order valence-corrected chi connectivity index (χ2v) is 11.6. The maximum absolute atomic E-state index is 14.6. The standard InChI is InChI=1S/C32H36FN3O2/c1-31(2,3)26-15-13-24(14-16-26)29(37)35-19-17-32(18-20-35)34-28(21-23-9-5-4-6-10-23)30(38)36(32)22-25-11-7-8-12-27(25)33/h4-16,28,34H,17-22H2,1-3H3. The first kappa shape index (κ1) is 26.1. The van der Waals surface area contributed by atoms with E-state index in [1.54, 1.807) is 18.2 Å². The second kappa shape index (κ2) is 10.3. The Bertz CT molecular complexity index is 1290. The van der Waals surface area contributed by atoms with Crippen LogP contribution >= 0.6 is 0 Å². The summed E-state index contributed by atoms with van der Waals surface area (Å²) in [5.41, 5.74) is 2.85. The first-order valence-electron chi connectivity index (χ1n) is 13.4. The minimum absolute atomic E-state index is 0.00567. The van der Waals surface area contributed by atoms with E-state index in [-0.39, 0.29) is 29.6 Å². The van der Waals surface area contributed by atoms with Crippen molar-refractivity contribution in [3.63, 3.8) is 0 Å². The predicted molar refractivity (Wildman–Crippen MR) is 147 cm³/mol. The number of hydrogen-bond donors (Lipinski definition) is 1. The molecule has 198 valence electrons. The van der Waals surface area contributed by atoms with E-state index in [0.29, 0.717) is 43.5 Å². The van der Waals surface area contributed by atoms with Crippen LogP contribution in [0.25, 0.3) is 0 Å². The molecule has 2 saturated heterocycles. The molecule has 3 aromatic rings. The highest BCUT2D eigenvalue weighted by Crippen LogP contribution is 2.35. The molecule has 2 aliphatic heterocycles. The molecule has 0 aromatic heterocycles. The molecule has 6 heteroatoms. The quantitative estimate of drug-likeness (QED) is 0.504. The number of amides is 2. The lowest BCUT2D eigenvalue weighted by Crippen LogP contribution is -2.59. The summed E-state index contributed by atoms with van der Waals surface area (Å²) < 4.78 is 14.6. The van der Waals surface area contributed by atoms with Crippen LogP contribution in [0.4, 0.5) is 4.39 Å². The Morgan fingerprint density at radius 1 is 0.947 bits per heavy atom. The van der Waals surface area contributed by atoms with Crippen molar-refractivity contribution in [2.45, 2.75) is 63.7 Å². The Morgan fingerprint density at radius 3 is 2.21 bits per heavy atom. The molecule has 0 saturated carbocycles. The number of nitrogens with zero attached hydrogens (tertiary/aromatic N) is 2. The Kier molecular flexibility index (Phi) is 7.10. The largest absolute Gasteiger partial charge is 0.338 e. The van der Waals surface area contributed by atoms with Crippen LogP contribution in [0.3, 0.4) is 0 Å². The van der Waals surface area contributed by atoms with E-state index in [9.17, 15) is 14.0 Å². The molecule has 1 unspecified atom stereocenters. The van der Waals surface area contributed by atoms with Crippen LogP contribution < -0.4 is 5.32 Å². The molecule has 2 heterocycles. The number of carbonyl (C=O) groups is 2. The number of hydrogen-bond acceptors (Lipinski definition) is 3. The van der Waals surface area contributed by atoms with Gasteiger partial charge in [0.05, 0.1) is 18.2 Å². The Labute approximate surface area is 224 Å². The van der Waals surface area contributed by atoms with Gasteiger partial charge in [0.15, 0.2) is 0 Å². The van der Waals surface area contributed by atoms with Crippen molar-refractivity contribution < 1.29 is 14.0 Å². The molecule has 2 fully saturated rings. The van der Waals surface area contributed by atoms with Crippen molar-refractivity contribution >= 4 is 11.8 Å². The molecular formula is C32H36FN3O2. The molecule has 1 N–H and O–H groups in total. The topological polar surface area (TPSA) is 52.7 Å². The van der Waals surface area contributed by atoms with Gasteiger partial charge in [-0.3, -0.25) is 14.9 Å². The summed E-state index contributed by atoms with van der Waals surface area (Å²) in [4.78, 5) is 30.7. The summed E-state index contributed by atoms with van der Waals surface area (Å²) in [5.74, 6) is -0.325. The highest BCUT2D eigenvalue weighted by atomic mass is 19.1. The Hall–Kier alpha value is -3.51. The summed E-state index contributed by atoms with van der Waals surface area (Å²) in [6, 6.07) is 24.1. The summed E-state index contributed by atoms with van der Waals surface area (Å²) in [6.45, 7) is 7.70. The van der Waals surface area contributed by atoms with Crippen LogP contribution in [0.5, 0.6) is 0 Å². The molecule has 2 aliphatic rings. The zero-order valence-corrected chi connectivity index (χ0v) is 22.4. The van der Waals surface area contributed by atoms with E-state index in [1.807, 2.05) is 64.4 Å². The summed E-state index contributed by atoms with van der Waals surface area (Å²) in [5, 5.41) is 3.63. The lowest BCUT2D eigenvalue weighted by atomic mass is 9.86. The fourth-order valence-electron chi connectivity index (χ4n) is 5.67. The third-order valence-electron chi connectivity index (χ3n) is 7.97. The van der Waals surface area contributed by atoms with Gasteiger partial charge in [-0.15, -0.1) is 0 Å². The van der Waals surface area contributed by atoms with E-state index in [2.05, 4.69) is 26.1 Å². The van der Waals surface area contributed by atoms with E-state index >= 15 is 0 Å². The lowest BCUT2D eigenvalue weighted by molar-refractivity contribution is -0.134. The first-order chi connectivity index (χ1) is 18.2. The van der Waals surface area contributed by atoms with Gasteiger partial charge in [0.25, 0.3) is 5.91 Å². The average Bonchev–Trinajstić information content (AvgIpc) is 3.15. The van der Waals surface area contributed by atoms with Crippen molar-refractivity contribution in [1.82, 2.24) is 15.1 Å². The smallest absolute Gasteiger partial charge is 0.253 e. The zero-order valence-electron chi connectivity index (χ0n) is 22.4. The number of rotatable bonds is 5. The maximum atomic E-state index is 14.6. The molecule has 0 radical (unpaired) electrons. The van der Waals surface area contributed by atoms with Crippen molar-refractivity contribution in [2.75, 3.05) is 13.1 Å². The van der Waals surface area contributed by atoms with Crippen molar-refractivity contribution in [2.24, 2.45) is 0 Å². The highest BCUT2D eigenvalue weighted by Gasteiger charge is 2.51. The predicted octanol–water partition coefficient (Wildman–Crippen LogP) is 5.30. The van der Waals surface area contributed by atoms with Crippen LogP contribution in [0.15, 0.2) is 78.9 Å². The Balaban J connectivity index is 1.35. The van der Waals surface area contributed by atoms with Crippen LogP contribution in [0, 0.1) is 5.82 Å². The van der Waals surface area contributed by atoms with Crippen LogP contribution in [0.2, 0.25) is 0 Å². The van der Waals surface area contributed by atoms with Gasteiger partial charge in [0, 0.05) is 37.1 Å². The SMILES string of the molecule is CC(C)(C)c1ccc(C(=O)N2CCC3(CC2)NC(Cc2ccccc2)C(=O)N3Cc2ccccc2F)cc1. The molecule has 5 rings (SSSR count). The molecule has 3 aromatic carbocycles. The van der Waals surface area contributed by atoms with Crippen molar-refractivity contribution in [3.05, 3.63) is 107 Å².